The van der Waals surface area contributed by atoms with E-state index in [1.165, 1.54) is 57.2 Å². The number of carbonyl (C=O) groups excluding carboxylic acids is 3. The van der Waals surface area contributed by atoms with Crippen LogP contribution in [0, 0.1) is 0 Å². The van der Waals surface area contributed by atoms with Gasteiger partial charge in [-0.05, 0) is 49.4 Å². The van der Waals surface area contributed by atoms with Crippen molar-refractivity contribution in [3.05, 3.63) is 47.5 Å². The number of amides is 3. The highest BCUT2D eigenvalue weighted by molar-refractivity contribution is 7.89. The van der Waals surface area contributed by atoms with E-state index in [1.807, 2.05) is 0 Å². The molecule has 9 nitrogen and oxygen atoms in total. The largest absolute Gasteiger partial charge is 0.326 e. The number of carbonyl (C=O) groups is 3. The molecule has 4 N–H and O–H groups in total. The molecule has 2 aromatic carbocycles. The average Bonchev–Trinajstić information content (AvgIpc) is 2.63. The summed E-state index contributed by atoms with van der Waals surface area (Å²) in [5.41, 5.74) is 1.09. The summed E-state index contributed by atoms with van der Waals surface area (Å²) < 4.78 is 27.3. The van der Waals surface area contributed by atoms with Gasteiger partial charge in [0.15, 0.2) is 0 Å². The van der Waals surface area contributed by atoms with Crippen LogP contribution in [0.5, 0.6) is 0 Å². The van der Waals surface area contributed by atoms with Gasteiger partial charge in [-0.25, -0.2) is 8.42 Å². The van der Waals surface area contributed by atoms with Gasteiger partial charge in [0.05, 0.1) is 21.6 Å². The van der Waals surface area contributed by atoms with E-state index in [0.29, 0.717) is 11.4 Å². The first-order valence-electron chi connectivity index (χ1n) is 8.76. The zero-order valence-electron chi connectivity index (χ0n) is 16.4. The Labute approximate surface area is 179 Å². The predicted molar refractivity (Wildman–Crippen MR) is 115 cm³/mol. The Kier molecular flexibility index (Phi) is 7.54. The van der Waals surface area contributed by atoms with Crippen LogP contribution >= 0.6 is 11.6 Å². The molecule has 0 saturated heterocycles. The molecule has 3 amide bonds. The molecule has 0 aliphatic rings. The first kappa shape index (κ1) is 23.3. The molecule has 0 spiro atoms. The maximum absolute atomic E-state index is 12.5. The Morgan fingerprint density at radius 2 is 1.40 bits per heavy atom. The van der Waals surface area contributed by atoms with Gasteiger partial charge in [-0.15, -0.1) is 0 Å². The molecule has 2 rings (SSSR count). The van der Waals surface area contributed by atoms with Crippen molar-refractivity contribution in [1.29, 1.82) is 0 Å². The Morgan fingerprint density at radius 1 is 0.867 bits per heavy atom. The summed E-state index contributed by atoms with van der Waals surface area (Å²) in [6, 6.07) is 8.90. The first-order valence-corrected chi connectivity index (χ1v) is 10.6. The fraction of sp³-hybridized carbons (Fsp3) is 0.211. The fourth-order valence-corrected chi connectivity index (χ4v) is 3.79. The van der Waals surface area contributed by atoms with Crippen LogP contribution in [0.4, 0.5) is 17.1 Å². The molecule has 0 heterocycles. The van der Waals surface area contributed by atoms with E-state index >= 15 is 0 Å². The molecular weight excluding hydrogens is 432 g/mol. The van der Waals surface area contributed by atoms with E-state index in [1.54, 1.807) is 6.07 Å². The molecule has 0 saturated carbocycles. The Hall–Kier alpha value is -2.95. The van der Waals surface area contributed by atoms with Crippen molar-refractivity contribution in [3.8, 4) is 0 Å². The normalized spacial score (nSPS) is 12.0. The number of halogens is 1. The number of rotatable bonds is 7. The lowest BCUT2D eigenvalue weighted by molar-refractivity contribution is -0.117. The monoisotopic (exact) mass is 452 g/mol. The summed E-state index contributed by atoms with van der Waals surface area (Å²) >= 11 is 6.07. The molecule has 0 fully saturated rings. The summed E-state index contributed by atoms with van der Waals surface area (Å²) in [7, 11) is -3.99. The van der Waals surface area contributed by atoms with E-state index < -0.39 is 22.0 Å². The molecule has 0 radical (unpaired) electrons. The van der Waals surface area contributed by atoms with Gasteiger partial charge in [-0.1, -0.05) is 11.6 Å². The van der Waals surface area contributed by atoms with E-state index in [2.05, 4.69) is 20.7 Å². The van der Waals surface area contributed by atoms with E-state index in [9.17, 15) is 22.8 Å². The van der Waals surface area contributed by atoms with Crippen molar-refractivity contribution in [1.82, 2.24) is 4.72 Å². The van der Waals surface area contributed by atoms with Crippen LogP contribution in [0.3, 0.4) is 0 Å². The predicted octanol–water partition coefficient (Wildman–Crippen LogP) is 2.56. The van der Waals surface area contributed by atoms with E-state index in [4.69, 9.17) is 11.6 Å². The van der Waals surface area contributed by atoms with Crippen LogP contribution in [-0.4, -0.2) is 32.2 Å². The van der Waals surface area contributed by atoms with Crippen molar-refractivity contribution >= 4 is 56.4 Å². The van der Waals surface area contributed by atoms with Gasteiger partial charge >= 0.3 is 0 Å². The summed E-state index contributed by atoms with van der Waals surface area (Å²) in [4.78, 5) is 34.6. The van der Waals surface area contributed by atoms with E-state index in [0.717, 1.165) is 0 Å². The Bertz CT molecular complexity index is 1070. The average molecular weight is 453 g/mol. The summed E-state index contributed by atoms with van der Waals surface area (Å²) in [5.74, 6) is -1.22. The lowest BCUT2D eigenvalue weighted by Gasteiger charge is -2.16. The summed E-state index contributed by atoms with van der Waals surface area (Å²) in [6.45, 7) is 4.06. The van der Waals surface area contributed by atoms with Gasteiger partial charge in [0.25, 0.3) is 0 Å². The van der Waals surface area contributed by atoms with Crippen LogP contribution in [0.15, 0.2) is 47.4 Å². The van der Waals surface area contributed by atoms with Crippen molar-refractivity contribution in [2.75, 3.05) is 16.0 Å². The quantitative estimate of drug-likeness (QED) is 0.512. The second kappa shape index (κ2) is 9.70. The van der Waals surface area contributed by atoms with Crippen molar-refractivity contribution < 1.29 is 22.8 Å². The van der Waals surface area contributed by atoms with Crippen LogP contribution in [0.1, 0.15) is 20.8 Å². The molecular formula is C19H21ClN4O5S. The molecule has 11 heteroatoms. The maximum Gasteiger partial charge on any atom is 0.242 e. The molecule has 0 bridgehead atoms. The van der Waals surface area contributed by atoms with Gasteiger partial charge in [-0.3, -0.25) is 14.4 Å². The molecule has 0 aromatic heterocycles. The molecule has 30 heavy (non-hydrogen) atoms. The minimum Gasteiger partial charge on any atom is -0.326 e. The highest BCUT2D eigenvalue weighted by Crippen LogP contribution is 2.26. The highest BCUT2D eigenvalue weighted by atomic mass is 35.5. The topological polar surface area (TPSA) is 133 Å². The third-order valence-electron chi connectivity index (χ3n) is 3.75. The Morgan fingerprint density at radius 3 is 1.97 bits per heavy atom. The zero-order valence-corrected chi connectivity index (χ0v) is 18.0. The van der Waals surface area contributed by atoms with Crippen LogP contribution in [0.25, 0.3) is 0 Å². The van der Waals surface area contributed by atoms with Gasteiger partial charge < -0.3 is 16.0 Å². The molecule has 1 atom stereocenters. The van der Waals surface area contributed by atoms with Crippen LogP contribution < -0.4 is 20.7 Å². The highest BCUT2D eigenvalue weighted by Gasteiger charge is 2.23. The third kappa shape index (κ3) is 6.55. The van der Waals surface area contributed by atoms with Crippen LogP contribution in [-0.2, 0) is 24.4 Å². The lowest BCUT2D eigenvalue weighted by Crippen LogP contribution is -2.41. The van der Waals surface area contributed by atoms with Gasteiger partial charge in [0.2, 0.25) is 27.7 Å². The lowest BCUT2D eigenvalue weighted by atomic mass is 10.2. The fourth-order valence-electron chi connectivity index (χ4n) is 2.42. The molecule has 0 unspecified atom stereocenters. The Balaban J connectivity index is 2.09. The second-order valence-electron chi connectivity index (χ2n) is 6.41. The second-order valence-corrected chi connectivity index (χ2v) is 8.53. The minimum atomic E-state index is -3.99. The maximum atomic E-state index is 12.5. The van der Waals surface area contributed by atoms with Gasteiger partial charge in [0, 0.05) is 25.2 Å². The van der Waals surface area contributed by atoms with Gasteiger partial charge in [0.1, 0.15) is 0 Å². The van der Waals surface area contributed by atoms with Gasteiger partial charge in [-0.2, -0.15) is 4.72 Å². The number of hydrogen-bond acceptors (Lipinski definition) is 5. The zero-order chi connectivity index (χ0) is 22.5. The number of anilines is 3. The summed E-state index contributed by atoms with van der Waals surface area (Å²) in [5, 5.41) is 7.85. The number of hydrogen-bond donors (Lipinski definition) is 4. The number of nitrogens with one attached hydrogen (secondary N) is 4. The standard InChI is InChI=1S/C19H21ClN4O5S/c1-11(19(27)23-18-10-15(22-13(3)26)6-9-17(18)20)24-30(28,29)16-7-4-14(5-8-16)21-12(2)25/h4-11,24H,1-3H3,(H,21,25)(H,22,26)(H,23,27)/t11-/m0/s1. The van der Waals surface area contributed by atoms with E-state index in [-0.39, 0.29) is 27.4 Å². The summed E-state index contributed by atoms with van der Waals surface area (Å²) in [6.07, 6.45) is 0. The SMILES string of the molecule is CC(=O)Nc1ccc(S(=O)(=O)N[C@@H](C)C(=O)Nc2cc(NC(C)=O)ccc2Cl)cc1. The first-order chi connectivity index (χ1) is 14.0. The molecule has 160 valence electrons. The van der Waals surface area contributed by atoms with Crippen molar-refractivity contribution in [2.45, 2.75) is 31.7 Å². The molecule has 0 aliphatic carbocycles. The van der Waals surface area contributed by atoms with Crippen LogP contribution in [0.2, 0.25) is 5.02 Å². The minimum absolute atomic E-state index is 0.0676. The number of benzene rings is 2. The molecule has 2 aromatic rings. The smallest absolute Gasteiger partial charge is 0.242 e. The van der Waals surface area contributed by atoms with Crippen molar-refractivity contribution in [2.24, 2.45) is 0 Å². The molecule has 0 aliphatic heterocycles. The number of sulfonamides is 1. The third-order valence-corrected chi connectivity index (χ3v) is 5.64. The van der Waals surface area contributed by atoms with Crippen molar-refractivity contribution in [3.63, 3.8) is 0 Å².